The maximum absolute atomic E-state index is 12.6. The van der Waals surface area contributed by atoms with Gasteiger partial charge in [0.2, 0.25) is 12.7 Å². The maximum Gasteiger partial charge on any atom is 0.325 e. The lowest BCUT2D eigenvalue weighted by Gasteiger charge is -2.13. The minimum atomic E-state index is -0.854. The number of fused-ring (bicyclic) bond motifs is 1. The zero-order valence-corrected chi connectivity index (χ0v) is 15.1. The quantitative estimate of drug-likeness (QED) is 0.689. The van der Waals surface area contributed by atoms with Crippen LogP contribution in [0.4, 0.5) is 4.79 Å². The number of urea groups is 1. The van der Waals surface area contributed by atoms with Gasteiger partial charge >= 0.3 is 6.03 Å². The summed E-state index contributed by atoms with van der Waals surface area (Å²) in [4.78, 5) is 37.9. The second kappa shape index (κ2) is 7.63. The van der Waals surface area contributed by atoms with Gasteiger partial charge in [-0.3, -0.25) is 14.5 Å². The van der Waals surface area contributed by atoms with Crippen LogP contribution in [-0.4, -0.2) is 46.7 Å². The van der Waals surface area contributed by atoms with E-state index in [4.69, 9.17) is 9.47 Å². The fourth-order valence-electron chi connectivity index (χ4n) is 3.19. The monoisotopic (exact) mass is 384 g/mol. The molecule has 0 spiro atoms. The number of nitrogens with zero attached hydrogens (tertiary/aromatic N) is 2. The van der Waals surface area contributed by atoms with Gasteiger partial charge in [-0.15, -0.1) is 0 Å². The lowest BCUT2D eigenvalue weighted by atomic mass is 10.1. The lowest BCUT2D eigenvalue weighted by Crippen LogP contribution is -2.37. The molecule has 1 fully saturated rings. The molecule has 28 heavy (non-hydrogen) atoms. The zero-order chi connectivity index (χ0) is 19.5. The molecule has 9 nitrogen and oxygen atoms in total. The first-order valence-electron chi connectivity index (χ1n) is 8.98. The molecular formula is C19H20N4O5. The Bertz CT molecular complexity index is 896. The molecule has 0 bridgehead atoms. The van der Waals surface area contributed by atoms with Crippen molar-refractivity contribution in [1.29, 1.82) is 0 Å². The summed E-state index contributed by atoms with van der Waals surface area (Å²) < 4.78 is 12.5. The van der Waals surface area contributed by atoms with E-state index in [0.29, 0.717) is 24.6 Å². The summed E-state index contributed by atoms with van der Waals surface area (Å²) in [7, 11) is 0. The van der Waals surface area contributed by atoms with Gasteiger partial charge in [-0.1, -0.05) is 6.07 Å². The molecule has 2 N–H and O–H groups in total. The Morgan fingerprint density at radius 2 is 1.96 bits per heavy atom. The number of carbonyl (C=O) groups is 3. The normalized spacial score (nSPS) is 17.7. The van der Waals surface area contributed by atoms with E-state index in [2.05, 4.69) is 10.6 Å². The molecule has 2 aliphatic heterocycles. The van der Waals surface area contributed by atoms with Crippen LogP contribution in [0.25, 0.3) is 0 Å². The van der Waals surface area contributed by atoms with Crippen molar-refractivity contribution < 1.29 is 23.9 Å². The Balaban J connectivity index is 1.30. The van der Waals surface area contributed by atoms with Gasteiger partial charge in [0.1, 0.15) is 6.04 Å². The van der Waals surface area contributed by atoms with Crippen LogP contribution in [-0.2, 0) is 22.7 Å². The molecular weight excluding hydrogens is 364 g/mol. The minimum Gasteiger partial charge on any atom is -0.454 e. The Morgan fingerprint density at radius 1 is 1.18 bits per heavy atom. The highest BCUT2D eigenvalue weighted by molar-refractivity contribution is 6.05. The van der Waals surface area contributed by atoms with Crippen LogP contribution in [0.5, 0.6) is 11.5 Å². The topological polar surface area (TPSA) is 102 Å². The van der Waals surface area contributed by atoms with Crippen LogP contribution in [0.1, 0.15) is 12.0 Å². The van der Waals surface area contributed by atoms with Gasteiger partial charge in [-0.05, 0) is 29.8 Å². The molecule has 2 aliphatic rings. The first-order valence-corrected chi connectivity index (χ1v) is 8.98. The van der Waals surface area contributed by atoms with Crippen molar-refractivity contribution in [1.82, 2.24) is 20.1 Å². The summed E-state index contributed by atoms with van der Waals surface area (Å²) in [5.74, 6) is 0.526. The summed E-state index contributed by atoms with van der Waals surface area (Å²) in [6.07, 6.45) is 3.72. The van der Waals surface area contributed by atoms with Gasteiger partial charge in [-0.2, -0.15) is 0 Å². The summed E-state index contributed by atoms with van der Waals surface area (Å²) in [5, 5.41) is 5.34. The average molecular weight is 384 g/mol. The molecule has 0 aliphatic carbocycles. The molecule has 1 saturated heterocycles. The highest BCUT2D eigenvalue weighted by Crippen LogP contribution is 2.33. The van der Waals surface area contributed by atoms with E-state index >= 15 is 0 Å². The smallest absolute Gasteiger partial charge is 0.325 e. The van der Waals surface area contributed by atoms with Gasteiger partial charge < -0.3 is 24.7 Å². The van der Waals surface area contributed by atoms with Gasteiger partial charge in [-0.25, -0.2) is 4.79 Å². The fraction of sp³-hybridized carbons (Fsp3) is 0.316. The fourth-order valence-corrected chi connectivity index (χ4v) is 3.19. The standard InChI is InChI=1S/C19H20N4O5/c24-17(20-5-8-22-6-1-2-7-22)10-14-18(25)23(19(26)21-14)11-13-3-4-15-16(9-13)28-12-27-15/h1-4,6-7,9,14H,5,8,10-12H2,(H,20,24)(H,21,26). The molecule has 0 saturated carbocycles. The average Bonchev–Trinajstić information content (AvgIpc) is 3.40. The van der Waals surface area contributed by atoms with Gasteiger partial charge in [0.05, 0.1) is 13.0 Å². The van der Waals surface area contributed by atoms with Crippen molar-refractivity contribution in [3.05, 3.63) is 48.3 Å². The third-order valence-corrected chi connectivity index (χ3v) is 4.63. The van der Waals surface area contributed by atoms with E-state index < -0.39 is 18.0 Å². The van der Waals surface area contributed by atoms with E-state index in [9.17, 15) is 14.4 Å². The van der Waals surface area contributed by atoms with Crippen molar-refractivity contribution >= 4 is 17.8 Å². The van der Waals surface area contributed by atoms with Crippen molar-refractivity contribution in [2.24, 2.45) is 0 Å². The molecule has 3 heterocycles. The molecule has 1 unspecified atom stereocenters. The molecule has 1 aromatic carbocycles. The van der Waals surface area contributed by atoms with Crippen molar-refractivity contribution in [3.8, 4) is 11.5 Å². The van der Waals surface area contributed by atoms with Crippen LogP contribution in [0.2, 0.25) is 0 Å². The third kappa shape index (κ3) is 3.78. The van der Waals surface area contributed by atoms with Crippen LogP contribution >= 0.6 is 0 Å². The number of hydrogen-bond donors (Lipinski definition) is 2. The molecule has 4 rings (SSSR count). The van der Waals surface area contributed by atoms with Crippen LogP contribution in [0.3, 0.4) is 0 Å². The molecule has 146 valence electrons. The lowest BCUT2D eigenvalue weighted by molar-refractivity contribution is -0.131. The van der Waals surface area contributed by atoms with E-state index in [-0.39, 0.29) is 25.7 Å². The SMILES string of the molecule is O=C(CC1NC(=O)N(Cc2ccc3c(c2)OCO3)C1=O)NCCn1cccc1. The highest BCUT2D eigenvalue weighted by Gasteiger charge is 2.39. The van der Waals surface area contributed by atoms with Crippen LogP contribution < -0.4 is 20.1 Å². The number of aromatic nitrogens is 1. The molecule has 1 aromatic heterocycles. The third-order valence-electron chi connectivity index (χ3n) is 4.63. The van der Waals surface area contributed by atoms with E-state index in [1.54, 1.807) is 18.2 Å². The summed E-state index contributed by atoms with van der Waals surface area (Å²) in [5.41, 5.74) is 0.740. The van der Waals surface area contributed by atoms with E-state index in [1.807, 2.05) is 29.1 Å². The number of hydrogen-bond acceptors (Lipinski definition) is 5. The summed E-state index contributed by atoms with van der Waals surface area (Å²) >= 11 is 0. The van der Waals surface area contributed by atoms with Gasteiger partial charge in [0, 0.05) is 25.5 Å². The first kappa shape index (κ1) is 17.9. The largest absolute Gasteiger partial charge is 0.454 e. The predicted molar refractivity (Wildman–Crippen MR) is 97.5 cm³/mol. The molecule has 4 amide bonds. The van der Waals surface area contributed by atoms with Gasteiger partial charge in [0.15, 0.2) is 11.5 Å². The zero-order valence-electron chi connectivity index (χ0n) is 15.1. The van der Waals surface area contributed by atoms with Crippen molar-refractivity contribution in [3.63, 3.8) is 0 Å². The highest BCUT2D eigenvalue weighted by atomic mass is 16.7. The minimum absolute atomic E-state index is 0.0894. The molecule has 1 atom stereocenters. The number of imide groups is 1. The number of benzene rings is 1. The number of amides is 4. The van der Waals surface area contributed by atoms with Crippen LogP contribution in [0.15, 0.2) is 42.7 Å². The predicted octanol–water partition coefficient (Wildman–Crippen LogP) is 0.844. The Labute approximate surface area is 161 Å². The maximum atomic E-state index is 12.6. The Morgan fingerprint density at radius 3 is 2.79 bits per heavy atom. The molecule has 2 aromatic rings. The molecule has 9 heteroatoms. The van der Waals surface area contributed by atoms with Crippen molar-refractivity contribution in [2.45, 2.75) is 25.6 Å². The number of ether oxygens (including phenoxy) is 2. The number of carbonyl (C=O) groups excluding carboxylic acids is 3. The Kier molecular flexibility index (Phi) is 4.88. The Hall–Kier alpha value is -3.49. The number of nitrogens with one attached hydrogen (secondary N) is 2. The second-order valence-electron chi connectivity index (χ2n) is 6.59. The van der Waals surface area contributed by atoms with Crippen molar-refractivity contribution in [2.75, 3.05) is 13.3 Å². The summed E-state index contributed by atoms with van der Waals surface area (Å²) in [6.45, 7) is 1.35. The molecule has 0 radical (unpaired) electrons. The van der Waals surface area contributed by atoms with E-state index in [1.165, 1.54) is 0 Å². The van der Waals surface area contributed by atoms with E-state index in [0.717, 1.165) is 10.5 Å². The van der Waals surface area contributed by atoms with Crippen LogP contribution in [0, 0.1) is 0 Å². The van der Waals surface area contributed by atoms with Gasteiger partial charge in [0.25, 0.3) is 5.91 Å². The first-order chi connectivity index (χ1) is 13.6. The second-order valence-corrected chi connectivity index (χ2v) is 6.59. The number of rotatable bonds is 7. The summed E-state index contributed by atoms with van der Waals surface area (Å²) in [6, 6.07) is 7.71.